The monoisotopic (exact) mass is 403 g/mol. The normalized spacial score (nSPS) is 13.8. The zero-order valence-corrected chi connectivity index (χ0v) is 16.1. The number of halogens is 2. The molecule has 140 valence electrons. The van der Waals surface area contributed by atoms with Gasteiger partial charge in [-0.2, -0.15) is 0 Å². The maximum absolute atomic E-state index is 12.2. The molecule has 3 amide bonds. The van der Waals surface area contributed by atoms with Crippen molar-refractivity contribution in [1.82, 2.24) is 4.90 Å². The third-order valence-corrected chi connectivity index (χ3v) is 4.71. The minimum absolute atomic E-state index is 0.117. The molecular formula is C20H19Cl2N3O2. The van der Waals surface area contributed by atoms with Crippen LogP contribution >= 0.6 is 23.2 Å². The first kappa shape index (κ1) is 19.3. The lowest BCUT2D eigenvalue weighted by atomic mass is 10.2. The van der Waals surface area contributed by atoms with Crippen LogP contribution in [0, 0.1) is 0 Å². The number of hydrogen-bond acceptors (Lipinski definition) is 2. The molecule has 0 spiro atoms. The Hall–Kier alpha value is -2.50. The van der Waals surface area contributed by atoms with E-state index in [9.17, 15) is 9.59 Å². The van der Waals surface area contributed by atoms with Gasteiger partial charge in [-0.25, -0.2) is 4.79 Å². The lowest BCUT2D eigenvalue weighted by molar-refractivity contribution is -0.111. The third kappa shape index (κ3) is 5.49. The summed E-state index contributed by atoms with van der Waals surface area (Å²) in [6, 6.07) is 12.0. The van der Waals surface area contributed by atoms with E-state index in [-0.39, 0.29) is 11.9 Å². The first-order valence-corrected chi connectivity index (χ1v) is 9.37. The zero-order valence-electron chi connectivity index (χ0n) is 14.5. The minimum atomic E-state index is -0.302. The van der Waals surface area contributed by atoms with Crippen molar-refractivity contribution in [1.29, 1.82) is 0 Å². The summed E-state index contributed by atoms with van der Waals surface area (Å²) in [5.41, 5.74) is 1.92. The number of rotatable bonds is 4. The van der Waals surface area contributed by atoms with Crippen molar-refractivity contribution in [3.63, 3.8) is 0 Å². The van der Waals surface area contributed by atoms with Crippen molar-refractivity contribution < 1.29 is 9.59 Å². The number of nitrogens with zero attached hydrogens (tertiary/aromatic N) is 1. The molecule has 0 saturated carbocycles. The summed E-state index contributed by atoms with van der Waals surface area (Å²) in [6.45, 7) is 1.56. The summed E-state index contributed by atoms with van der Waals surface area (Å²) in [5, 5.41) is 6.63. The molecule has 0 aromatic heterocycles. The number of anilines is 2. The van der Waals surface area contributed by atoms with Gasteiger partial charge in [0, 0.05) is 40.6 Å². The minimum Gasteiger partial charge on any atom is -0.325 e. The maximum atomic E-state index is 12.2. The first-order chi connectivity index (χ1) is 13.0. The predicted octanol–water partition coefficient (Wildman–Crippen LogP) is 5.27. The van der Waals surface area contributed by atoms with E-state index in [0.29, 0.717) is 27.0 Å². The maximum Gasteiger partial charge on any atom is 0.321 e. The van der Waals surface area contributed by atoms with Gasteiger partial charge in [-0.15, -0.1) is 0 Å². The fourth-order valence-electron chi connectivity index (χ4n) is 2.78. The standard InChI is InChI=1S/C20H19Cl2N3O2/c21-15-8-6-14(18(22)12-15)7-9-19(26)23-16-4-3-5-17(13-16)24-20(27)25-10-1-2-11-25/h3-9,12-13H,1-2,10-11H2,(H,23,26)(H,24,27)/b9-7+. The highest BCUT2D eigenvalue weighted by molar-refractivity contribution is 6.35. The Morgan fingerprint density at radius 3 is 2.37 bits per heavy atom. The van der Waals surface area contributed by atoms with Gasteiger partial charge in [0.15, 0.2) is 0 Å². The molecule has 0 aliphatic carbocycles. The number of nitrogens with one attached hydrogen (secondary N) is 2. The number of likely N-dealkylation sites (tertiary alicyclic amines) is 1. The van der Waals surface area contributed by atoms with Crippen molar-refractivity contribution >= 4 is 52.6 Å². The van der Waals surface area contributed by atoms with E-state index >= 15 is 0 Å². The average Bonchev–Trinajstić information content (AvgIpc) is 3.16. The predicted molar refractivity (Wildman–Crippen MR) is 110 cm³/mol. The van der Waals surface area contributed by atoms with E-state index in [0.717, 1.165) is 25.9 Å². The molecule has 27 heavy (non-hydrogen) atoms. The fourth-order valence-corrected chi connectivity index (χ4v) is 3.26. The van der Waals surface area contributed by atoms with Crippen molar-refractivity contribution in [3.05, 3.63) is 64.1 Å². The van der Waals surface area contributed by atoms with Crippen LogP contribution in [0.3, 0.4) is 0 Å². The fraction of sp³-hybridized carbons (Fsp3) is 0.200. The number of benzene rings is 2. The highest BCUT2D eigenvalue weighted by Crippen LogP contribution is 2.22. The van der Waals surface area contributed by atoms with Crippen molar-refractivity contribution in [2.24, 2.45) is 0 Å². The summed E-state index contributed by atoms with van der Waals surface area (Å²) in [5.74, 6) is -0.302. The number of urea groups is 1. The van der Waals surface area contributed by atoms with Crippen LogP contribution < -0.4 is 10.6 Å². The van der Waals surface area contributed by atoms with Crippen LogP contribution in [0.1, 0.15) is 18.4 Å². The van der Waals surface area contributed by atoms with Gasteiger partial charge >= 0.3 is 6.03 Å². The molecular weight excluding hydrogens is 385 g/mol. The molecule has 2 aromatic rings. The molecule has 1 aliphatic rings. The smallest absolute Gasteiger partial charge is 0.321 e. The Bertz CT molecular complexity index is 877. The molecule has 1 aliphatic heterocycles. The van der Waals surface area contributed by atoms with Crippen molar-refractivity contribution in [2.75, 3.05) is 23.7 Å². The molecule has 7 heteroatoms. The van der Waals surface area contributed by atoms with Crippen LogP contribution in [0.15, 0.2) is 48.5 Å². The number of amides is 3. The van der Waals surface area contributed by atoms with E-state index in [1.165, 1.54) is 6.08 Å². The highest BCUT2D eigenvalue weighted by Gasteiger charge is 2.17. The molecule has 1 fully saturated rings. The lowest BCUT2D eigenvalue weighted by Gasteiger charge is -2.16. The lowest BCUT2D eigenvalue weighted by Crippen LogP contribution is -2.32. The van der Waals surface area contributed by atoms with Gasteiger partial charge in [-0.05, 0) is 54.8 Å². The molecule has 0 atom stereocenters. The van der Waals surface area contributed by atoms with Crippen LogP contribution in [-0.2, 0) is 4.79 Å². The molecule has 0 unspecified atom stereocenters. The van der Waals surface area contributed by atoms with E-state index < -0.39 is 0 Å². The van der Waals surface area contributed by atoms with E-state index in [2.05, 4.69) is 10.6 Å². The molecule has 1 saturated heterocycles. The van der Waals surface area contributed by atoms with E-state index in [1.807, 2.05) is 0 Å². The summed E-state index contributed by atoms with van der Waals surface area (Å²) in [4.78, 5) is 26.1. The molecule has 0 radical (unpaired) electrons. The quantitative estimate of drug-likeness (QED) is 0.682. The summed E-state index contributed by atoms with van der Waals surface area (Å²) in [6.07, 6.45) is 5.08. The van der Waals surface area contributed by atoms with Gasteiger partial charge in [-0.1, -0.05) is 35.3 Å². The SMILES string of the molecule is O=C(/C=C/c1ccc(Cl)cc1Cl)Nc1cccc(NC(=O)N2CCCC2)c1. The van der Waals surface area contributed by atoms with Gasteiger partial charge in [-0.3, -0.25) is 4.79 Å². The van der Waals surface area contributed by atoms with Crippen LogP contribution in [0.25, 0.3) is 6.08 Å². The van der Waals surface area contributed by atoms with Crippen LogP contribution in [0.5, 0.6) is 0 Å². The van der Waals surface area contributed by atoms with Crippen molar-refractivity contribution in [2.45, 2.75) is 12.8 Å². The van der Waals surface area contributed by atoms with Gasteiger partial charge in [0.2, 0.25) is 5.91 Å². The number of carbonyl (C=O) groups is 2. The first-order valence-electron chi connectivity index (χ1n) is 8.61. The summed E-state index contributed by atoms with van der Waals surface area (Å²) in [7, 11) is 0. The molecule has 2 aromatic carbocycles. The number of hydrogen-bond donors (Lipinski definition) is 2. The molecule has 2 N–H and O–H groups in total. The second-order valence-corrected chi connectivity index (χ2v) is 7.04. The highest BCUT2D eigenvalue weighted by atomic mass is 35.5. The second kappa shape index (κ2) is 8.93. The zero-order chi connectivity index (χ0) is 19.2. The summed E-state index contributed by atoms with van der Waals surface area (Å²) >= 11 is 11.9. The average molecular weight is 404 g/mol. The van der Waals surface area contributed by atoms with Gasteiger partial charge < -0.3 is 15.5 Å². The van der Waals surface area contributed by atoms with E-state index in [1.54, 1.807) is 53.4 Å². The van der Waals surface area contributed by atoms with Gasteiger partial charge in [0.05, 0.1) is 0 Å². The van der Waals surface area contributed by atoms with Crippen LogP contribution in [0.4, 0.5) is 16.2 Å². The molecule has 5 nitrogen and oxygen atoms in total. The third-order valence-electron chi connectivity index (χ3n) is 4.15. The Kier molecular flexibility index (Phi) is 6.37. The Balaban J connectivity index is 1.60. The van der Waals surface area contributed by atoms with Crippen molar-refractivity contribution in [3.8, 4) is 0 Å². The van der Waals surface area contributed by atoms with Crippen LogP contribution in [-0.4, -0.2) is 29.9 Å². The van der Waals surface area contributed by atoms with Crippen LogP contribution in [0.2, 0.25) is 10.0 Å². The van der Waals surface area contributed by atoms with Gasteiger partial charge in [0.25, 0.3) is 0 Å². The van der Waals surface area contributed by atoms with Gasteiger partial charge in [0.1, 0.15) is 0 Å². The largest absolute Gasteiger partial charge is 0.325 e. The molecule has 3 rings (SSSR count). The number of carbonyl (C=O) groups excluding carboxylic acids is 2. The molecule has 0 bridgehead atoms. The Morgan fingerprint density at radius 1 is 0.963 bits per heavy atom. The second-order valence-electron chi connectivity index (χ2n) is 6.19. The Morgan fingerprint density at radius 2 is 1.67 bits per heavy atom. The summed E-state index contributed by atoms with van der Waals surface area (Å²) < 4.78 is 0. The van der Waals surface area contributed by atoms with E-state index in [4.69, 9.17) is 23.2 Å². The topological polar surface area (TPSA) is 61.4 Å². The Labute approximate surface area is 168 Å². The molecule has 1 heterocycles.